The number of ether oxygens (including phenoxy) is 2. The van der Waals surface area contributed by atoms with Crippen LogP contribution < -0.4 is 5.73 Å². The van der Waals surface area contributed by atoms with E-state index in [2.05, 4.69) is 28.5 Å². The quantitative estimate of drug-likeness (QED) is 0.724. The minimum atomic E-state index is -1.13. The van der Waals surface area contributed by atoms with E-state index in [0.717, 1.165) is 6.61 Å². The van der Waals surface area contributed by atoms with E-state index in [0.29, 0.717) is 17.3 Å². The summed E-state index contributed by atoms with van der Waals surface area (Å²) in [5.74, 6) is 0.349. The predicted molar refractivity (Wildman–Crippen MR) is 90.3 cm³/mol. The van der Waals surface area contributed by atoms with Gasteiger partial charge in [0.15, 0.2) is 11.5 Å². The second kappa shape index (κ2) is 7.34. The molecule has 0 bridgehead atoms. The molecule has 25 heavy (non-hydrogen) atoms. The molecule has 2 aromatic heterocycles. The SMILES string of the molecule is C=C1OC(n2cnc3c(N)ncnc32)C(O)C1O.CCC1CCCO1. The highest BCUT2D eigenvalue weighted by atomic mass is 16.5. The maximum absolute atomic E-state index is 9.87. The lowest BCUT2D eigenvalue weighted by molar-refractivity contribution is -0.0118. The fourth-order valence-electron chi connectivity index (χ4n) is 2.88. The van der Waals surface area contributed by atoms with Crippen molar-refractivity contribution in [3.05, 3.63) is 25.0 Å². The molecule has 4 atom stereocenters. The molecule has 2 aromatic rings. The molecule has 4 heterocycles. The maximum Gasteiger partial charge on any atom is 0.207 e. The maximum atomic E-state index is 9.87. The first-order valence-corrected chi connectivity index (χ1v) is 8.29. The minimum absolute atomic E-state index is 0.108. The largest absolute Gasteiger partial charge is 0.469 e. The summed E-state index contributed by atoms with van der Waals surface area (Å²) in [6.45, 7) is 6.70. The molecule has 2 fully saturated rings. The number of aliphatic hydroxyl groups is 2. The lowest BCUT2D eigenvalue weighted by Crippen LogP contribution is -2.27. The number of aliphatic hydroxyl groups excluding tert-OH is 2. The third-order valence-corrected chi connectivity index (χ3v) is 4.36. The third kappa shape index (κ3) is 3.44. The van der Waals surface area contributed by atoms with Crippen molar-refractivity contribution in [3.63, 3.8) is 0 Å². The lowest BCUT2D eigenvalue weighted by atomic mass is 10.2. The number of rotatable bonds is 2. The summed E-state index contributed by atoms with van der Waals surface area (Å²) in [6.07, 6.45) is 3.98. The Morgan fingerprint density at radius 2 is 2.16 bits per heavy atom. The zero-order chi connectivity index (χ0) is 18.0. The molecule has 0 aromatic carbocycles. The average Bonchev–Trinajstić information content (AvgIpc) is 3.33. The molecular weight excluding hydrogens is 326 g/mol. The van der Waals surface area contributed by atoms with Crippen LogP contribution in [0, 0.1) is 0 Å². The van der Waals surface area contributed by atoms with E-state index >= 15 is 0 Å². The predicted octanol–water partition coefficient (Wildman–Crippen LogP) is 0.748. The van der Waals surface area contributed by atoms with Crippen molar-refractivity contribution in [2.75, 3.05) is 12.3 Å². The smallest absolute Gasteiger partial charge is 0.207 e. The number of nitrogens with zero attached hydrogens (tertiary/aromatic N) is 4. The number of nitrogens with two attached hydrogens (primary N) is 1. The van der Waals surface area contributed by atoms with Gasteiger partial charge >= 0.3 is 0 Å². The fraction of sp³-hybridized carbons (Fsp3) is 0.562. The normalized spacial score (nSPS) is 28.7. The van der Waals surface area contributed by atoms with Gasteiger partial charge in [0.2, 0.25) is 6.23 Å². The molecule has 0 radical (unpaired) electrons. The van der Waals surface area contributed by atoms with Crippen LogP contribution in [0.4, 0.5) is 5.82 Å². The van der Waals surface area contributed by atoms with Crippen molar-refractivity contribution in [1.82, 2.24) is 19.5 Å². The molecule has 9 heteroatoms. The Morgan fingerprint density at radius 3 is 2.72 bits per heavy atom. The summed E-state index contributed by atoms with van der Waals surface area (Å²) < 4.78 is 12.1. The summed E-state index contributed by atoms with van der Waals surface area (Å²) in [4.78, 5) is 11.9. The first-order valence-electron chi connectivity index (χ1n) is 8.29. The van der Waals surface area contributed by atoms with Gasteiger partial charge in [0.25, 0.3) is 0 Å². The van der Waals surface area contributed by atoms with Crippen LogP contribution >= 0.6 is 0 Å². The van der Waals surface area contributed by atoms with Gasteiger partial charge in [-0.05, 0) is 19.3 Å². The molecule has 0 amide bonds. The van der Waals surface area contributed by atoms with Crippen molar-refractivity contribution in [1.29, 1.82) is 0 Å². The van der Waals surface area contributed by atoms with Crippen molar-refractivity contribution in [2.45, 2.75) is 50.7 Å². The molecule has 136 valence electrons. The van der Waals surface area contributed by atoms with Crippen LogP contribution in [0.15, 0.2) is 25.0 Å². The summed E-state index contributed by atoms with van der Waals surface area (Å²) >= 11 is 0. The monoisotopic (exact) mass is 349 g/mol. The van der Waals surface area contributed by atoms with Crippen LogP contribution in [0.3, 0.4) is 0 Å². The van der Waals surface area contributed by atoms with E-state index in [1.54, 1.807) is 0 Å². The van der Waals surface area contributed by atoms with Gasteiger partial charge in [-0.1, -0.05) is 13.5 Å². The van der Waals surface area contributed by atoms with E-state index < -0.39 is 18.4 Å². The van der Waals surface area contributed by atoms with Gasteiger partial charge in [-0.25, -0.2) is 15.0 Å². The molecule has 2 aliphatic rings. The standard InChI is InChI=1S/C10H11N5O3.C6H12O/c1-4-6(16)7(17)10(18-4)15-3-14-5-8(11)12-2-13-9(5)15;1-2-6-4-3-5-7-6/h2-3,6-7,10,16-17H,1H2,(H2,11,12,13);6H,2-5H2,1H3. The van der Waals surface area contributed by atoms with E-state index in [1.807, 2.05) is 0 Å². The Kier molecular flexibility index (Phi) is 5.16. The van der Waals surface area contributed by atoms with Gasteiger partial charge in [0.05, 0.1) is 6.10 Å². The van der Waals surface area contributed by atoms with Crippen LogP contribution in [0.2, 0.25) is 0 Å². The minimum Gasteiger partial charge on any atom is -0.469 e. The summed E-state index contributed by atoms with van der Waals surface area (Å²) in [6, 6.07) is 0. The molecule has 0 saturated carbocycles. The number of hydrogen-bond acceptors (Lipinski definition) is 8. The molecule has 0 spiro atoms. The highest BCUT2D eigenvalue weighted by Crippen LogP contribution is 2.32. The third-order valence-electron chi connectivity index (χ3n) is 4.36. The Hall–Kier alpha value is -2.23. The van der Waals surface area contributed by atoms with Crippen LogP contribution in [0.1, 0.15) is 32.4 Å². The van der Waals surface area contributed by atoms with Crippen molar-refractivity contribution in [2.24, 2.45) is 0 Å². The molecule has 0 aliphatic carbocycles. The van der Waals surface area contributed by atoms with Crippen molar-refractivity contribution in [3.8, 4) is 0 Å². The summed E-state index contributed by atoms with van der Waals surface area (Å²) in [5.41, 5.74) is 6.50. The highest BCUT2D eigenvalue weighted by Gasteiger charge is 2.40. The van der Waals surface area contributed by atoms with Crippen molar-refractivity contribution >= 4 is 17.0 Å². The fourth-order valence-corrected chi connectivity index (χ4v) is 2.88. The van der Waals surface area contributed by atoms with Crippen LogP contribution in [-0.2, 0) is 9.47 Å². The summed E-state index contributed by atoms with van der Waals surface area (Å²) in [5, 5.41) is 19.5. The number of aromatic nitrogens is 4. The molecule has 4 rings (SSSR count). The zero-order valence-corrected chi connectivity index (χ0v) is 14.1. The topological polar surface area (TPSA) is 129 Å². The second-order valence-electron chi connectivity index (χ2n) is 6.04. The Morgan fingerprint density at radius 1 is 1.36 bits per heavy atom. The summed E-state index contributed by atoms with van der Waals surface area (Å²) in [7, 11) is 0. The number of anilines is 1. The van der Waals surface area contributed by atoms with Crippen LogP contribution in [0.25, 0.3) is 11.2 Å². The van der Waals surface area contributed by atoms with Gasteiger partial charge in [-0.3, -0.25) is 4.57 Å². The second-order valence-corrected chi connectivity index (χ2v) is 6.04. The Bertz CT molecular complexity index is 743. The van der Waals surface area contributed by atoms with Crippen molar-refractivity contribution < 1.29 is 19.7 Å². The average molecular weight is 349 g/mol. The number of imidazole rings is 1. The van der Waals surface area contributed by atoms with Crippen LogP contribution in [0.5, 0.6) is 0 Å². The lowest BCUT2D eigenvalue weighted by Gasteiger charge is -2.15. The van der Waals surface area contributed by atoms with Gasteiger partial charge in [0.1, 0.15) is 36.1 Å². The molecule has 2 saturated heterocycles. The Balaban J connectivity index is 0.000000219. The van der Waals surface area contributed by atoms with Gasteiger partial charge in [-0.15, -0.1) is 0 Å². The highest BCUT2D eigenvalue weighted by molar-refractivity contribution is 5.81. The Labute approximate surface area is 145 Å². The number of fused-ring (bicyclic) bond motifs is 1. The number of nitrogen functional groups attached to an aromatic ring is 1. The van der Waals surface area contributed by atoms with Crippen LogP contribution in [-0.4, -0.2) is 54.7 Å². The zero-order valence-electron chi connectivity index (χ0n) is 14.1. The first-order chi connectivity index (χ1) is 12.0. The van der Waals surface area contributed by atoms with E-state index in [9.17, 15) is 10.2 Å². The molecule has 9 nitrogen and oxygen atoms in total. The van der Waals surface area contributed by atoms with Gasteiger partial charge in [0, 0.05) is 6.61 Å². The number of hydrogen-bond donors (Lipinski definition) is 3. The van der Waals surface area contributed by atoms with Gasteiger partial charge < -0.3 is 25.4 Å². The molecule has 4 N–H and O–H groups in total. The molecular formula is C16H23N5O4. The molecule has 2 aliphatic heterocycles. The van der Waals surface area contributed by atoms with E-state index in [4.69, 9.17) is 15.2 Å². The van der Waals surface area contributed by atoms with Gasteiger partial charge in [-0.2, -0.15) is 0 Å². The van der Waals surface area contributed by atoms with E-state index in [1.165, 1.54) is 36.5 Å². The molecule has 4 unspecified atom stereocenters. The first kappa shape index (κ1) is 17.6. The van der Waals surface area contributed by atoms with E-state index in [-0.39, 0.29) is 11.6 Å².